The fourth-order valence-electron chi connectivity index (χ4n) is 4.16. The van der Waals surface area contributed by atoms with E-state index in [1.165, 1.54) is 29.8 Å². The van der Waals surface area contributed by atoms with Crippen LogP contribution in [0.25, 0.3) is 0 Å². The Kier molecular flexibility index (Phi) is 6.20. The predicted octanol–water partition coefficient (Wildman–Crippen LogP) is 6.03. The lowest BCUT2D eigenvalue weighted by Gasteiger charge is -2.37. The van der Waals surface area contributed by atoms with E-state index in [1.54, 1.807) is 12.1 Å². The Bertz CT molecular complexity index is 886. The number of anilines is 1. The molecule has 1 aliphatic heterocycles. The summed E-state index contributed by atoms with van der Waals surface area (Å²) in [5, 5.41) is 3.57. The molecule has 4 rings (SSSR count). The molecule has 3 aromatic rings. The van der Waals surface area contributed by atoms with Gasteiger partial charge in [-0.15, -0.1) is 0 Å². The Balaban J connectivity index is 1.46. The summed E-state index contributed by atoms with van der Waals surface area (Å²) in [6.07, 6.45) is 2.12. The van der Waals surface area contributed by atoms with E-state index < -0.39 is 0 Å². The van der Waals surface area contributed by atoms with E-state index in [4.69, 9.17) is 0 Å². The van der Waals surface area contributed by atoms with Crippen molar-refractivity contribution in [3.8, 4) is 0 Å². The van der Waals surface area contributed by atoms with Crippen molar-refractivity contribution in [2.75, 3.05) is 18.4 Å². The van der Waals surface area contributed by atoms with E-state index in [9.17, 15) is 8.78 Å². The van der Waals surface area contributed by atoms with Crippen molar-refractivity contribution in [2.24, 2.45) is 5.92 Å². The molecule has 1 atom stereocenters. The van der Waals surface area contributed by atoms with Crippen molar-refractivity contribution < 1.29 is 8.78 Å². The van der Waals surface area contributed by atoms with E-state index in [0.717, 1.165) is 43.7 Å². The van der Waals surface area contributed by atoms with Gasteiger partial charge in [0.15, 0.2) is 0 Å². The number of likely N-dealkylation sites (tertiary alicyclic amines) is 1. The maximum Gasteiger partial charge on any atom is 0.123 e. The topological polar surface area (TPSA) is 15.3 Å². The van der Waals surface area contributed by atoms with Crippen LogP contribution in [-0.4, -0.2) is 18.0 Å². The molecule has 150 valence electrons. The molecule has 2 nitrogen and oxygen atoms in total. The molecular weight excluding hydrogens is 366 g/mol. The van der Waals surface area contributed by atoms with Crippen LogP contribution in [0, 0.1) is 17.6 Å². The molecule has 0 aromatic heterocycles. The fourth-order valence-corrected chi connectivity index (χ4v) is 4.16. The van der Waals surface area contributed by atoms with Gasteiger partial charge in [0.25, 0.3) is 0 Å². The van der Waals surface area contributed by atoms with E-state index in [-0.39, 0.29) is 17.7 Å². The van der Waals surface area contributed by atoms with E-state index in [0.29, 0.717) is 5.92 Å². The second-order valence-electron chi connectivity index (χ2n) is 7.78. The minimum atomic E-state index is -0.247. The van der Waals surface area contributed by atoms with Crippen LogP contribution < -0.4 is 5.32 Å². The molecule has 1 unspecified atom stereocenters. The third-order valence-corrected chi connectivity index (χ3v) is 5.75. The summed E-state index contributed by atoms with van der Waals surface area (Å²) in [4.78, 5) is 2.49. The second-order valence-corrected chi connectivity index (χ2v) is 7.78. The lowest BCUT2D eigenvalue weighted by Crippen LogP contribution is -2.36. The predicted molar refractivity (Wildman–Crippen MR) is 114 cm³/mol. The number of benzene rings is 3. The van der Waals surface area contributed by atoms with Gasteiger partial charge in [-0.1, -0.05) is 42.5 Å². The first-order valence-corrected chi connectivity index (χ1v) is 10.2. The van der Waals surface area contributed by atoms with Crippen LogP contribution in [0.1, 0.15) is 30.0 Å². The summed E-state index contributed by atoms with van der Waals surface area (Å²) < 4.78 is 26.7. The van der Waals surface area contributed by atoms with Crippen molar-refractivity contribution in [3.63, 3.8) is 0 Å². The Morgan fingerprint density at radius 2 is 1.38 bits per heavy atom. The zero-order valence-corrected chi connectivity index (χ0v) is 16.4. The molecule has 1 saturated heterocycles. The molecule has 1 N–H and O–H groups in total. The van der Waals surface area contributed by atoms with Crippen LogP contribution >= 0.6 is 0 Å². The fraction of sp³-hybridized carbons (Fsp3) is 0.280. The van der Waals surface area contributed by atoms with Gasteiger partial charge >= 0.3 is 0 Å². The van der Waals surface area contributed by atoms with Gasteiger partial charge in [0.2, 0.25) is 0 Å². The highest BCUT2D eigenvalue weighted by Crippen LogP contribution is 2.34. The summed E-state index contributed by atoms with van der Waals surface area (Å²) in [6.45, 7) is 3.03. The van der Waals surface area contributed by atoms with Gasteiger partial charge in [-0.25, -0.2) is 8.78 Å². The van der Waals surface area contributed by atoms with Crippen LogP contribution in [-0.2, 0) is 6.54 Å². The summed E-state index contributed by atoms with van der Waals surface area (Å²) >= 11 is 0. The van der Waals surface area contributed by atoms with E-state index in [1.807, 2.05) is 18.2 Å². The highest BCUT2D eigenvalue weighted by Gasteiger charge is 2.28. The van der Waals surface area contributed by atoms with Gasteiger partial charge < -0.3 is 5.32 Å². The number of rotatable bonds is 6. The largest absolute Gasteiger partial charge is 0.378 e. The molecule has 1 aliphatic rings. The van der Waals surface area contributed by atoms with Crippen LogP contribution in [0.3, 0.4) is 0 Å². The SMILES string of the molecule is Fc1ccc(NC(c2ccc(F)cc2)C2CCN(Cc3ccccc3)CC2)cc1. The van der Waals surface area contributed by atoms with Crippen LogP contribution in [0.4, 0.5) is 14.5 Å². The number of hydrogen-bond donors (Lipinski definition) is 1. The minimum Gasteiger partial charge on any atom is -0.378 e. The van der Waals surface area contributed by atoms with Crippen molar-refractivity contribution >= 4 is 5.69 Å². The van der Waals surface area contributed by atoms with Crippen molar-refractivity contribution in [1.29, 1.82) is 0 Å². The first-order valence-electron chi connectivity index (χ1n) is 10.2. The molecular formula is C25H26F2N2. The van der Waals surface area contributed by atoms with Gasteiger partial charge in [-0.05, 0) is 79.4 Å². The molecule has 1 heterocycles. The molecule has 3 aromatic carbocycles. The highest BCUT2D eigenvalue weighted by molar-refractivity contribution is 5.46. The Morgan fingerprint density at radius 1 is 0.793 bits per heavy atom. The van der Waals surface area contributed by atoms with Gasteiger partial charge in [-0.2, -0.15) is 0 Å². The van der Waals surface area contributed by atoms with Crippen LogP contribution in [0.15, 0.2) is 78.9 Å². The number of piperidine rings is 1. The molecule has 1 fully saturated rings. The van der Waals surface area contributed by atoms with Gasteiger partial charge in [-0.3, -0.25) is 4.90 Å². The van der Waals surface area contributed by atoms with Crippen molar-refractivity contribution in [1.82, 2.24) is 4.90 Å². The maximum atomic E-state index is 13.5. The molecule has 0 aliphatic carbocycles. The molecule has 29 heavy (non-hydrogen) atoms. The molecule has 4 heteroatoms. The van der Waals surface area contributed by atoms with Gasteiger partial charge in [0.1, 0.15) is 11.6 Å². The Morgan fingerprint density at radius 3 is 2.00 bits per heavy atom. The summed E-state index contributed by atoms with van der Waals surface area (Å²) in [5.41, 5.74) is 3.29. The molecule has 0 amide bonds. The third kappa shape index (κ3) is 5.21. The van der Waals surface area contributed by atoms with Crippen molar-refractivity contribution in [2.45, 2.75) is 25.4 Å². The Labute approximate surface area is 171 Å². The first-order chi connectivity index (χ1) is 14.2. The smallest absolute Gasteiger partial charge is 0.123 e. The Hall–Kier alpha value is -2.72. The average molecular weight is 392 g/mol. The average Bonchev–Trinajstić information content (AvgIpc) is 2.76. The van der Waals surface area contributed by atoms with Gasteiger partial charge in [0.05, 0.1) is 6.04 Å². The molecule has 0 bridgehead atoms. The minimum absolute atomic E-state index is 0.0694. The molecule has 0 spiro atoms. The third-order valence-electron chi connectivity index (χ3n) is 5.75. The normalized spacial score (nSPS) is 16.5. The van der Waals surface area contributed by atoms with Gasteiger partial charge in [0, 0.05) is 12.2 Å². The quantitative estimate of drug-likeness (QED) is 0.551. The van der Waals surface area contributed by atoms with E-state index in [2.05, 4.69) is 34.5 Å². The second kappa shape index (κ2) is 9.19. The maximum absolute atomic E-state index is 13.5. The van der Waals surface area contributed by atoms with Crippen LogP contribution in [0.5, 0.6) is 0 Å². The monoisotopic (exact) mass is 392 g/mol. The van der Waals surface area contributed by atoms with Crippen LogP contribution in [0.2, 0.25) is 0 Å². The number of hydrogen-bond acceptors (Lipinski definition) is 2. The zero-order valence-electron chi connectivity index (χ0n) is 16.4. The summed E-state index contributed by atoms with van der Waals surface area (Å²) in [7, 11) is 0. The van der Waals surface area contributed by atoms with Crippen molar-refractivity contribution in [3.05, 3.63) is 102 Å². The zero-order chi connectivity index (χ0) is 20.1. The molecule has 0 radical (unpaired) electrons. The number of nitrogens with zero attached hydrogens (tertiary/aromatic N) is 1. The lowest BCUT2D eigenvalue weighted by molar-refractivity contribution is 0.166. The lowest BCUT2D eigenvalue weighted by atomic mass is 9.85. The van der Waals surface area contributed by atoms with E-state index >= 15 is 0 Å². The highest BCUT2D eigenvalue weighted by atomic mass is 19.1. The summed E-state index contributed by atoms with van der Waals surface area (Å²) in [5.74, 6) is -0.0485. The molecule has 0 saturated carbocycles. The summed E-state index contributed by atoms with van der Waals surface area (Å²) in [6, 6.07) is 23.8. The first kappa shape index (κ1) is 19.6. The standard InChI is InChI=1S/C25H26F2N2/c26-22-8-6-20(7-9-22)25(28-24-12-10-23(27)11-13-24)21-14-16-29(17-15-21)18-19-4-2-1-3-5-19/h1-13,21,25,28H,14-18H2. The number of nitrogens with one attached hydrogen (secondary N) is 1. The number of halogens is 2.